The molecule has 1 atom stereocenters. The lowest BCUT2D eigenvalue weighted by atomic mass is 9.97. The Kier molecular flexibility index (Phi) is 9.48. The van der Waals surface area contributed by atoms with Crippen LogP contribution in [0.1, 0.15) is 52.4 Å². The Balaban J connectivity index is 1.96. The molecule has 3 nitrogen and oxygen atoms in total. The van der Waals surface area contributed by atoms with E-state index in [1.54, 1.807) is 0 Å². The van der Waals surface area contributed by atoms with Gasteiger partial charge in [0.05, 0.1) is 0 Å². The Morgan fingerprint density at radius 3 is 2.16 bits per heavy atom. The van der Waals surface area contributed by atoms with Crippen LogP contribution >= 0.6 is 0 Å². The fraction of sp³-hybridized carbons (Fsp3) is 1.00. The zero-order valence-corrected chi connectivity index (χ0v) is 13.1. The van der Waals surface area contributed by atoms with Crippen LogP contribution in [-0.4, -0.2) is 60.8 Å². The molecule has 1 aliphatic rings. The minimum atomic E-state index is 0.382. The molecule has 0 aromatic rings. The number of rotatable bonds is 10. The van der Waals surface area contributed by atoms with Crippen molar-refractivity contribution in [3.05, 3.63) is 0 Å². The molecule has 0 aliphatic carbocycles. The van der Waals surface area contributed by atoms with Crippen LogP contribution in [0.15, 0.2) is 0 Å². The highest BCUT2D eigenvalue weighted by Gasteiger charge is 2.14. The number of aliphatic hydroxyl groups excluding tert-OH is 1. The molecule has 0 unspecified atom stereocenters. The van der Waals surface area contributed by atoms with E-state index >= 15 is 0 Å². The highest BCUT2D eigenvalue weighted by atomic mass is 16.3. The Labute approximate surface area is 120 Å². The van der Waals surface area contributed by atoms with Gasteiger partial charge in [-0.3, -0.25) is 0 Å². The minimum absolute atomic E-state index is 0.382. The monoisotopic (exact) mass is 270 g/mol. The summed E-state index contributed by atoms with van der Waals surface area (Å²) < 4.78 is 0. The number of hydrogen-bond donors (Lipinski definition) is 1. The van der Waals surface area contributed by atoms with Crippen LogP contribution in [0.4, 0.5) is 0 Å². The molecule has 1 aliphatic heterocycles. The maximum absolute atomic E-state index is 9.25. The van der Waals surface area contributed by atoms with Crippen molar-refractivity contribution in [2.24, 2.45) is 5.92 Å². The summed E-state index contributed by atoms with van der Waals surface area (Å²) in [7, 11) is 0. The number of likely N-dealkylation sites (N-methyl/N-ethyl adjacent to an activating group) is 1. The molecule has 1 heterocycles. The van der Waals surface area contributed by atoms with Gasteiger partial charge in [-0.25, -0.2) is 0 Å². The van der Waals surface area contributed by atoms with Gasteiger partial charge in [0.1, 0.15) is 0 Å². The van der Waals surface area contributed by atoms with Gasteiger partial charge in [-0.15, -0.1) is 0 Å². The SMILES string of the molecule is CCC[C@H](CO)CCCCCN1CCN(CC)CC1. The molecule has 0 spiro atoms. The van der Waals surface area contributed by atoms with E-state index in [1.807, 2.05) is 0 Å². The summed E-state index contributed by atoms with van der Waals surface area (Å²) in [5.74, 6) is 0.554. The van der Waals surface area contributed by atoms with Crippen molar-refractivity contribution < 1.29 is 5.11 Å². The molecule has 19 heavy (non-hydrogen) atoms. The molecule has 1 N–H and O–H groups in total. The summed E-state index contributed by atoms with van der Waals surface area (Å²) in [6.45, 7) is 12.3. The molecule has 0 aromatic heterocycles. The topological polar surface area (TPSA) is 26.7 Å². The van der Waals surface area contributed by atoms with Crippen LogP contribution in [0.5, 0.6) is 0 Å². The van der Waals surface area contributed by atoms with Crippen molar-refractivity contribution >= 4 is 0 Å². The maximum atomic E-state index is 9.25. The predicted molar refractivity (Wildman–Crippen MR) is 82.5 cm³/mol. The second-order valence-electron chi connectivity index (χ2n) is 5.96. The van der Waals surface area contributed by atoms with Crippen molar-refractivity contribution in [2.45, 2.75) is 52.4 Å². The Morgan fingerprint density at radius 1 is 0.895 bits per heavy atom. The minimum Gasteiger partial charge on any atom is -0.396 e. The Hall–Kier alpha value is -0.120. The lowest BCUT2D eigenvalue weighted by molar-refractivity contribution is 0.135. The fourth-order valence-electron chi connectivity index (χ4n) is 3.01. The van der Waals surface area contributed by atoms with Gasteiger partial charge in [-0.2, -0.15) is 0 Å². The van der Waals surface area contributed by atoms with Gasteiger partial charge in [0, 0.05) is 32.8 Å². The fourth-order valence-corrected chi connectivity index (χ4v) is 3.01. The van der Waals surface area contributed by atoms with Crippen molar-refractivity contribution in [2.75, 3.05) is 45.9 Å². The zero-order chi connectivity index (χ0) is 13.9. The normalized spacial score (nSPS) is 19.7. The predicted octanol–water partition coefficient (Wildman–Crippen LogP) is 2.59. The number of unbranched alkanes of at least 4 members (excludes halogenated alkanes) is 2. The third kappa shape index (κ3) is 7.28. The molecule has 0 radical (unpaired) electrons. The van der Waals surface area contributed by atoms with Gasteiger partial charge in [0.15, 0.2) is 0 Å². The summed E-state index contributed by atoms with van der Waals surface area (Å²) in [6, 6.07) is 0. The first-order valence-corrected chi connectivity index (χ1v) is 8.35. The zero-order valence-electron chi connectivity index (χ0n) is 13.1. The summed E-state index contributed by atoms with van der Waals surface area (Å²) >= 11 is 0. The van der Waals surface area contributed by atoms with E-state index in [0.717, 1.165) is 0 Å². The standard InChI is InChI=1S/C16H34N2O/c1-3-8-16(15-19)9-6-5-7-10-18-13-11-17(4-2)12-14-18/h16,19H,3-15H2,1-2H3/t16-/m0/s1. The smallest absolute Gasteiger partial charge is 0.0459 e. The second kappa shape index (κ2) is 10.6. The molecular weight excluding hydrogens is 236 g/mol. The molecule has 0 aromatic carbocycles. The quantitative estimate of drug-likeness (QED) is 0.618. The van der Waals surface area contributed by atoms with Gasteiger partial charge in [-0.05, 0) is 38.3 Å². The summed E-state index contributed by atoms with van der Waals surface area (Å²) in [6.07, 6.45) is 7.56. The largest absolute Gasteiger partial charge is 0.396 e. The highest BCUT2D eigenvalue weighted by Crippen LogP contribution is 2.15. The van der Waals surface area contributed by atoms with E-state index in [1.165, 1.54) is 77.8 Å². The molecule has 114 valence electrons. The first-order valence-electron chi connectivity index (χ1n) is 8.35. The van der Waals surface area contributed by atoms with Gasteiger partial charge in [-0.1, -0.05) is 33.1 Å². The summed E-state index contributed by atoms with van der Waals surface area (Å²) in [5, 5.41) is 9.25. The highest BCUT2D eigenvalue weighted by molar-refractivity contribution is 4.70. The van der Waals surface area contributed by atoms with Gasteiger partial charge in [0.25, 0.3) is 0 Å². The van der Waals surface area contributed by atoms with Crippen molar-refractivity contribution in [1.29, 1.82) is 0 Å². The van der Waals surface area contributed by atoms with Crippen LogP contribution < -0.4 is 0 Å². The number of hydrogen-bond acceptors (Lipinski definition) is 3. The molecule has 0 bridgehead atoms. The molecule has 0 saturated carbocycles. The first kappa shape index (κ1) is 16.9. The van der Waals surface area contributed by atoms with E-state index < -0.39 is 0 Å². The molecule has 1 rings (SSSR count). The molecule has 1 fully saturated rings. The molecule has 1 saturated heterocycles. The lowest BCUT2D eigenvalue weighted by Gasteiger charge is -2.34. The van der Waals surface area contributed by atoms with E-state index in [4.69, 9.17) is 0 Å². The van der Waals surface area contributed by atoms with Crippen LogP contribution in [0.25, 0.3) is 0 Å². The molecular formula is C16H34N2O. The van der Waals surface area contributed by atoms with Crippen LogP contribution in [-0.2, 0) is 0 Å². The van der Waals surface area contributed by atoms with E-state index in [-0.39, 0.29) is 0 Å². The van der Waals surface area contributed by atoms with Crippen LogP contribution in [0.2, 0.25) is 0 Å². The third-order valence-corrected chi connectivity index (χ3v) is 4.45. The van der Waals surface area contributed by atoms with Crippen molar-refractivity contribution in [3.63, 3.8) is 0 Å². The van der Waals surface area contributed by atoms with E-state index in [0.29, 0.717) is 12.5 Å². The molecule has 0 amide bonds. The van der Waals surface area contributed by atoms with Crippen LogP contribution in [0.3, 0.4) is 0 Å². The van der Waals surface area contributed by atoms with E-state index in [9.17, 15) is 5.11 Å². The van der Waals surface area contributed by atoms with E-state index in [2.05, 4.69) is 23.6 Å². The summed E-state index contributed by atoms with van der Waals surface area (Å²) in [4.78, 5) is 5.15. The number of nitrogens with zero attached hydrogens (tertiary/aromatic N) is 2. The molecule has 3 heteroatoms. The van der Waals surface area contributed by atoms with Crippen molar-refractivity contribution in [3.8, 4) is 0 Å². The Bertz CT molecular complexity index is 203. The Morgan fingerprint density at radius 2 is 1.58 bits per heavy atom. The third-order valence-electron chi connectivity index (χ3n) is 4.45. The first-order chi connectivity index (χ1) is 9.30. The lowest BCUT2D eigenvalue weighted by Crippen LogP contribution is -2.46. The maximum Gasteiger partial charge on any atom is 0.0459 e. The van der Waals surface area contributed by atoms with Crippen LogP contribution in [0, 0.1) is 5.92 Å². The number of aliphatic hydroxyl groups is 1. The van der Waals surface area contributed by atoms with Gasteiger partial charge >= 0.3 is 0 Å². The second-order valence-corrected chi connectivity index (χ2v) is 5.96. The average molecular weight is 270 g/mol. The average Bonchev–Trinajstić information content (AvgIpc) is 2.46. The number of piperazine rings is 1. The summed E-state index contributed by atoms with van der Waals surface area (Å²) in [5.41, 5.74) is 0. The van der Waals surface area contributed by atoms with Crippen molar-refractivity contribution in [1.82, 2.24) is 9.80 Å². The van der Waals surface area contributed by atoms with Gasteiger partial charge < -0.3 is 14.9 Å². The van der Waals surface area contributed by atoms with Gasteiger partial charge in [0.2, 0.25) is 0 Å².